The molecule has 2 aliphatic rings. The number of hydrogen-bond donors (Lipinski definition) is 1. The average Bonchev–Trinajstić information content (AvgIpc) is 2.87. The van der Waals surface area contributed by atoms with Gasteiger partial charge < -0.3 is 24.7 Å². The Kier molecular flexibility index (Phi) is 3.43. The number of nitrogens with two attached hydrogens (primary N) is 1. The van der Waals surface area contributed by atoms with E-state index >= 15 is 0 Å². The first-order valence-corrected chi connectivity index (χ1v) is 6.63. The quantitative estimate of drug-likeness (QED) is 0.898. The van der Waals surface area contributed by atoms with E-state index in [4.69, 9.17) is 24.7 Å². The van der Waals surface area contributed by atoms with E-state index in [9.17, 15) is 0 Å². The molecule has 2 aliphatic heterocycles. The number of hydrogen-bond acceptors (Lipinski definition) is 5. The van der Waals surface area contributed by atoms with Crippen LogP contribution >= 0.6 is 15.9 Å². The van der Waals surface area contributed by atoms with E-state index in [1.54, 1.807) is 0 Å². The Hall–Kier alpha value is -0.820. The Balaban J connectivity index is 1.87. The maximum Gasteiger partial charge on any atom is 0.184 e. The maximum atomic E-state index is 5.68. The highest BCUT2D eigenvalue weighted by molar-refractivity contribution is 9.10. The number of benzene rings is 1. The topological polar surface area (TPSA) is 62.9 Å². The molecule has 1 saturated heterocycles. The molecule has 2 heterocycles. The first kappa shape index (κ1) is 12.2. The Morgan fingerprint density at radius 1 is 1.28 bits per heavy atom. The molecule has 3 rings (SSSR count). The van der Waals surface area contributed by atoms with Crippen molar-refractivity contribution in [3.05, 3.63) is 22.2 Å². The SMILES string of the molecule is NCC1COC(c2cc(Br)c3c(c2)OCCO3)O1. The van der Waals surface area contributed by atoms with Gasteiger partial charge in [0.25, 0.3) is 0 Å². The lowest BCUT2D eigenvalue weighted by molar-refractivity contribution is -0.0588. The van der Waals surface area contributed by atoms with Crippen molar-refractivity contribution in [2.75, 3.05) is 26.4 Å². The van der Waals surface area contributed by atoms with Crippen LogP contribution in [-0.4, -0.2) is 32.5 Å². The fourth-order valence-corrected chi connectivity index (χ4v) is 2.59. The highest BCUT2D eigenvalue weighted by atomic mass is 79.9. The van der Waals surface area contributed by atoms with Crippen molar-refractivity contribution in [3.63, 3.8) is 0 Å². The van der Waals surface area contributed by atoms with Crippen LogP contribution in [0.5, 0.6) is 11.5 Å². The molecule has 0 aliphatic carbocycles. The zero-order chi connectivity index (χ0) is 12.5. The van der Waals surface area contributed by atoms with Crippen LogP contribution in [0.15, 0.2) is 16.6 Å². The standard InChI is InChI=1S/C12H14BrNO4/c13-9-3-7(12-17-6-8(5-14)18-12)4-10-11(9)16-2-1-15-10/h3-4,8,12H,1-2,5-6,14H2. The zero-order valence-electron chi connectivity index (χ0n) is 9.73. The molecular formula is C12H14BrNO4. The van der Waals surface area contributed by atoms with Crippen molar-refractivity contribution in [2.24, 2.45) is 5.73 Å². The predicted octanol–water partition coefficient (Wildman–Crippen LogP) is 1.59. The van der Waals surface area contributed by atoms with Gasteiger partial charge in [-0.15, -0.1) is 0 Å². The van der Waals surface area contributed by atoms with Gasteiger partial charge in [0.2, 0.25) is 0 Å². The molecule has 1 aromatic carbocycles. The van der Waals surface area contributed by atoms with Gasteiger partial charge in [0.05, 0.1) is 17.2 Å². The van der Waals surface area contributed by atoms with Crippen LogP contribution in [-0.2, 0) is 9.47 Å². The summed E-state index contributed by atoms with van der Waals surface area (Å²) in [5, 5.41) is 0. The first-order chi connectivity index (χ1) is 8.78. The number of fused-ring (bicyclic) bond motifs is 1. The van der Waals surface area contributed by atoms with Gasteiger partial charge in [0, 0.05) is 12.1 Å². The zero-order valence-corrected chi connectivity index (χ0v) is 11.3. The van der Waals surface area contributed by atoms with Crippen LogP contribution in [0.2, 0.25) is 0 Å². The highest BCUT2D eigenvalue weighted by Gasteiger charge is 2.28. The van der Waals surface area contributed by atoms with Crippen LogP contribution in [0.1, 0.15) is 11.9 Å². The molecule has 5 nitrogen and oxygen atoms in total. The molecule has 6 heteroatoms. The molecule has 0 saturated carbocycles. The molecule has 1 fully saturated rings. The van der Waals surface area contributed by atoms with Crippen molar-refractivity contribution < 1.29 is 18.9 Å². The van der Waals surface area contributed by atoms with Gasteiger partial charge in [-0.1, -0.05) is 0 Å². The molecule has 18 heavy (non-hydrogen) atoms. The van der Waals surface area contributed by atoms with Gasteiger partial charge in [0.15, 0.2) is 17.8 Å². The second-order valence-corrected chi connectivity index (χ2v) is 5.04. The Morgan fingerprint density at radius 3 is 2.89 bits per heavy atom. The normalized spacial score (nSPS) is 26.3. The van der Waals surface area contributed by atoms with E-state index in [1.165, 1.54) is 0 Å². The third-order valence-corrected chi connectivity index (χ3v) is 3.49. The smallest absolute Gasteiger partial charge is 0.184 e. The van der Waals surface area contributed by atoms with Crippen LogP contribution in [0.4, 0.5) is 0 Å². The summed E-state index contributed by atoms with van der Waals surface area (Å²) in [6.07, 6.45) is -0.423. The number of halogens is 1. The summed E-state index contributed by atoms with van der Waals surface area (Å²) >= 11 is 3.47. The van der Waals surface area contributed by atoms with Gasteiger partial charge in [-0.2, -0.15) is 0 Å². The van der Waals surface area contributed by atoms with Crippen molar-refractivity contribution >= 4 is 15.9 Å². The Labute approximate surface area is 113 Å². The summed E-state index contributed by atoms with van der Waals surface area (Å²) in [7, 11) is 0. The molecule has 2 unspecified atom stereocenters. The third kappa shape index (κ3) is 2.21. The minimum atomic E-state index is -0.384. The molecule has 0 radical (unpaired) electrons. The molecule has 0 bridgehead atoms. The van der Waals surface area contributed by atoms with E-state index in [0.717, 1.165) is 15.8 Å². The summed E-state index contributed by atoms with van der Waals surface area (Å²) in [5.74, 6) is 1.45. The average molecular weight is 316 g/mol. The fourth-order valence-electron chi connectivity index (χ4n) is 2.01. The summed E-state index contributed by atoms with van der Waals surface area (Å²) in [6.45, 7) is 2.10. The van der Waals surface area contributed by atoms with E-state index in [1.807, 2.05) is 12.1 Å². The first-order valence-electron chi connectivity index (χ1n) is 5.84. The van der Waals surface area contributed by atoms with E-state index < -0.39 is 0 Å². The lowest BCUT2D eigenvalue weighted by Gasteiger charge is -2.21. The summed E-state index contributed by atoms with van der Waals surface area (Å²) < 4.78 is 23.2. The van der Waals surface area contributed by atoms with Crippen molar-refractivity contribution in [1.82, 2.24) is 0 Å². The van der Waals surface area contributed by atoms with Gasteiger partial charge in [-0.05, 0) is 28.1 Å². The number of ether oxygens (including phenoxy) is 4. The molecule has 2 atom stereocenters. The molecular weight excluding hydrogens is 302 g/mol. The minimum absolute atomic E-state index is 0.0398. The molecule has 98 valence electrons. The highest BCUT2D eigenvalue weighted by Crippen LogP contribution is 2.41. The van der Waals surface area contributed by atoms with Crippen LogP contribution in [0.25, 0.3) is 0 Å². The van der Waals surface area contributed by atoms with Crippen molar-refractivity contribution in [1.29, 1.82) is 0 Å². The molecule has 0 aromatic heterocycles. The van der Waals surface area contributed by atoms with Crippen molar-refractivity contribution in [3.8, 4) is 11.5 Å². The lowest BCUT2D eigenvalue weighted by Crippen LogP contribution is -2.21. The van der Waals surface area contributed by atoms with Crippen LogP contribution < -0.4 is 15.2 Å². The Bertz CT molecular complexity index is 454. The van der Waals surface area contributed by atoms with Crippen LogP contribution in [0, 0.1) is 0 Å². The van der Waals surface area contributed by atoms with Gasteiger partial charge >= 0.3 is 0 Å². The van der Waals surface area contributed by atoms with Crippen molar-refractivity contribution in [2.45, 2.75) is 12.4 Å². The van der Waals surface area contributed by atoms with E-state index in [2.05, 4.69) is 15.9 Å². The van der Waals surface area contributed by atoms with Gasteiger partial charge in [0.1, 0.15) is 13.2 Å². The summed E-state index contributed by atoms with van der Waals surface area (Å²) in [5.41, 5.74) is 6.46. The second kappa shape index (κ2) is 5.05. The third-order valence-electron chi connectivity index (χ3n) is 2.90. The van der Waals surface area contributed by atoms with Gasteiger partial charge in [-0.25, -0.2) is 0 Å². The lowest BCUT2D eigenvalue weighted by atomic mass is 10.2. The number of rotatable bonds is 2. The molecule has 0 spiro atoms. The second-order valence-electron chi connectivity index (χ2n) is 4.19. The molecule has 2 N–H and O–H groups in total. The monoisotopic (exact) mass is 315 g/mol. The van der Waals surface area contributed by atoms with Crippen LogP contribution in [0.3, 0.4) is 0 Å². The summed E-state index contributed by atoms with van der Waals surface area (Å²) in [4.78, 5) is 0. The van der Waals surface area contributed by atoms with E-state index in [-0.39, 0.29) is 12.4 Å². The molecule has 1 aromatic rings. The minimum Gasteiger partial charge on any atom is -0.486 e. The summed E-state index contributed by atoms with van der Waals surface area (Å²) in [6, 6.07) is 3.82. The maximum absolute atomic E-state index is 5.68. The Morgan fingerprint density at radius 2 is 2.11 bits per heavy atom. The predicted molar refractivity (Wildman–Crippen MR) is 67.8 cm³/mol. The largest absolute Gasteiger partial charge is 0.486 e. The van der Waals surface area contributed by atoms with Gasteiger partial charge in [-0.3, -0.25) is 0 Å². The van der Waals surface area contributed by atoms with E-state index in [0.29, 0.717) is 32.1 Å². The molecule has 0 amide bonds. The fraction of sp³-hybridized carbons (Fsp3) is 0.500.